The highest BCUT2D eigenvalue weighted by atomic mass is 16.6. The Morgan fingerprint density at radius 3 is 2.78 bits per heavy atom. The van der Waals surface area contributed by atoms with Crippen LogP contribution in [-0.2, 0) is 14.3 Å². The molecule has 0 aromatic heterocycles. The van der Waals surface area contributed by atoms with Crippen molar-refractivity contribution in [2.75, 3.05) is 11.9 Å². The van der Waals surface area contributed by atoms with Gasteiger partial charge in [0, 0.05) is 18.2 Å². The molecular weight excluding hydrogens is 344 g/mol. The fraction of sp³-hybridized carbons (Fsp3) is 0.0952. The molecule has 3 rings (SSSR count). The van der Waals surface area contributed by atoms with Gasteiger partial charge >= 0.3 is 5.97 Å². The van der Waals surface area contributed by atoms with Gasteiger partial charge in [-0.3, -0.25) is 4.79 Å². The lowest BCUT2D eigenvalue weighted by molar-refractivity contribution is -0.129. The zero-order valence-corrected chi connectivity index (χ0v) is 14.6. The van der Waals surface area contributed by atoms with Crippen LogP contribution in [0.3, 0.4) is 0 Å². The van der Waals surface area contributed by atoms with Crippen LogP contribution in [0.1, 0.15) is 18.1 Å². The van der Waals surface area contributed by atoms with Gasteiger partial charge in [0.2, 0.25) is 11.8 Å². The van der Waals surface area contributed by atoms with E-state index in [0.29, 0.717) is 17.0 Å². The second kappa shape index (κ2) is 8.02. The summed E-state index contributed by atoms with van der Waals surface area (Å²) in [5.41, 5.74) is 2.20. The second-order valence-electron chi connectivity index (χ2n) is 5.66. The summed E-state index contributed by atoms with van der Waals surface area (Å²) in [5.74, 6) is 2.51. The summed E-state index contributed by atoms with van der Waals surface area (Å²) in [6.45, 7) is 1.60. The van der Waals surface area contributed by atoms with Gasteiger partial charge in [-0.25, -0.2) is 9.79 Å². The quantitative estimate of drug-likeness (QED) is 0.505. The van der Waals surface area contributed by atoms with Gasteiger partial charge in [-0.1, -0.05) is 18.1 Å². The molecule has 0 bridgehead atoms. The Kier molecular flexibility index (Phi) is 5.33. The van der Waals surface area contributed by atoms with Gasteiger partial charge in [-0.15, -0.1) is 6.42 Å². The summed E-state index contributed by atoms with van der Waals surface area (Å²) in [6.07, 6.45) is 6.80. The molecule has 0 unspecified atom stereocenters. The van der Waals surface area contributed by atoms with E-state index in [1.54, 1.807) is 48.5 Å². The molecule has 6 heteroatoms. The number of nitrogens with one attached hydrogen (secondary N) is 1. The molecule has 0 spiro atoms. The van der Waals surface area contributed by atoms with Crippen LogP contribution < -0.4 is 10.1 Å². The summed E-state index contributed by atoms with van der Waals surface area (Å²) >= 11 is 0. The smallest absolute Gasteiger partial charge is 0.363 e. The van der Waals surface area contributed by atoms with Crippen molar-refractivity contribution < 1.29 is 19.1 Å². The number of benzene rings is 2. The van der Waals surface area contributed by atoms with Gasteiger partial charge in [-0.05, 0) is 48.0 Å². The minimum atomic E-state index is -0.536. The molecule has 0 fully saturated rings. The molecule has 2 aromatic carbocycles. The maximum Gasteiger partial charge on any atom is 0.363 e. The Hall–Kier alpha value is -3.85. The average Bonchev–Trinajstić information content (AvgIpc) is 3.01. The number of amides is 1. The number of terminal acetylenes is 1. The molecule has 0 saturated carbocycles. The Morgan fingerprint density at radius 1 is 1.30 bits per heavy atom. The number of hydrogen-bond acceptors (Lipinski definition) is 5. The van der Waals surface area contributed by atoms with Crippen molar-refractivity contribution in [3.05, 3.63) is 65.4 Å². The number of aliphatic imine (C=N–C) groups is 1. The molecule has 0 saturated heterocycles. The van der Waals surface area contributed by atoms with Gasteiger partial charge in [0.25, 0.3) is 0 Å². The van der Waals surface area contributed by atoms with Crippen molar-refractivity contribution in [3.8, 4) is 18.1 Å². The normalized spacial score (nSPS) is 14.3. The van der Waals surface area contributed by atoms with Crippen LogP contribution in [0.5, 0.6) is 5.75 Å². The van der Waals surface area contributed by atoms with Crippen LogP contribution in [0.4, 0.5) is 5.69 Å². The number of carbonyl (C=O) groups excluding carboxylic acids is 2. The minimum absolute atomic E-state index is 0.161. The van der Waals surface area contributed by atoms with E-state index in [1.807, 2.05) is 6.07 Å². The first-order chi connectivity index (χ1) is 13.0. The third-order valence-electron chi connectivity index (χ3n) is 3.56. The molecule has 1 aliphatic heterocycles. The number of anilines is 1. The Labute approximate surface area is 156 Å². The highest BCUT2D eigenvalue weighted by molar-refractivity contribution is 6.13. The fourth-order valence-corrected chi connectivity index (χ4v) is 2.41. The predicted molar refractivity (Wildman–Crippen MR) is 102 cm³/mol. The molecule has 0 atom stereocenters. The van der Waals surface area contributed by atoms with E-state index in [9.17, 15) is 9.59 Å². The maximum absolute atomic E-state index is 12.1. The zero-order chi connectivity index (χ0) is 19.2. The lowest BCUT2D eigenvalue weighted by atomic mass is 10.2. The summed E-state index contributed by atoms with van der Waals surface area (Å²) < 4.78 is 10.6. The number of carbonyl (C=O) groups is 2. The van der Waals surface area contributed by atoms with Crippen molar-refractivity contribution in [3.63, 3.8) is 0 Å². The molecule has 0 aliphatic carbocycles. The topological polar surface area (TPSA) is 77.0 Å². The molecule has 27 heavy (non-hydrogen) atoms. The first kappa shape index (κ1) is 18.0. The summed E-state index contributed by atoms with van der Waals surface area (Å²) in [7, 11) is 0. The highest BCUT2D eigenvalue weighted by Crippen LogP contribution is 2.22. The highest BCUT2D eigenvalue weighted by Gasteiger charge is 2.24. The molecule has 0 radical (unpaired) electrons. The van der Waals surface area contributed by atoms with Crippen LogP contribution in [0.2, 0.25) is 0 Å². The number of hydrogen-bond donors (Lipinski definition) is 1. The summed E-state index contributed by atoms with van der Waals surface area (Å²) in [6, 6.07) is 14.0. The first-order valence-corrected chi connectivity index (χ1v) is 8.12. The van der Waals surface area contributed by atoms with Gasteiger partial charge in [-0.2, -0.15) is 0 Å². The van der Waals surface area contributed by atoms with Gasteiger partial charge in [0.15, 0.2) is 5.70 Å². The zero-order valence-electron chi connectivity index (χ0n) is 14.6. The predicted octanol–water partition coefficient (Wildman–Crippen LogP) is 3.00. The summed E-state index contributed by atoms with van der Waals surface area (Å²) in [5, 5.41) is 2.67. The molecule has 1 aliphatic rings. The standard InChI is InChI=1S/C21H16N2O4/c1-3-11-26-18-6-4-5-15(12-18)13-19-21(25)27-20(23-19)16-7-9-17(10-8-16)22-14(2)24/h1,4-10,12-13H,11H2,2H3,(H,22,24)/b19-13-. The van der Waals surface area contributed by atoms with E-state index >= 15 is 0 Å². The Balaban J connectivity index is 1.80. The fourth-order valence-electron chi connectivity index (χ4n) is 2.41. The molecule has 2 aromatic rings. The van der Waals surface area contributed by atoms with E-state index in [4.69, 9.17) is 15.9 Å². The minimum Gasteiger partial charge on any atom is -0.481 e. The van der Waals surface area contributed by atoms with Crippen molar-refractivity contribution in [1.29, 1.82) is 0 Å². The van der Waals surface area contributed by atoms with E-state index in [1.165, 1.54) is 6.92 Å². The average molecular weight is 360 g/mol. The van der Waals surface area contributed by atoms with Gasteiger partial charge in [0.1, 0.15) is 12.4 Å². The van der Waals surface area contributed by atoms with Crippen molar-refractivity contribution in [2.45, 2.75) is 6.92 Å². The Morgan fingerprint density at radius 2 is 2.07 bits per heavy atom. The van der Waals surface area contributed by atoms with Crippen LogP contribution in [0.25, 0.3) is 6.08 Å². The van der Waals surface area contributed by atoms with Crippen LogP contribution in [-0.4, -0.2) is 24.4 Å². The molecular formula is C21H16N2O4. The maximum atomic E-state index is 12.1. The van der Waals surface area contributed by atoms with E-state index in [-0.39, 0.29) is 24.1 Å². The number of esters is 1. The Bertz CT molecular complexity index is 982. The molecule has 134 valence electrons. The number of ether oxygens (including phenoxy) is 2. The lowest BCUT2D eigenvalue weighted by Gasteiger charge is -2.03. The van der Waals surface area contributed by atoms with E-state index in [2.05, 4.69) is 16.2 Å². The summed E-state index contributed by atoms with van der Waals surface area (Å²) in [4.78, 5) is 27.4. The van der Waals surface area contributed by atoms with Gasteiger partial charge < -0.3 is 14.8 Å². The number of rotatable bonds is 5. The number of cyclic esters (lactones) is 1. The van der Waals surface area contributed by atoms with Crippen molar-refractivity contribution >= 4 is 29.5 Å². The monoisotopic (exact) mass is 360 g/mol. The lowest BCUT2D eigenvalue weighted by Crippen LogP contribution is -2.07. The van der Waals surface area contributed by atoms with Crippen molar-refractivity contribution in [1.82, 2.24) is 0 Å². The first-order valence-electron chi connectivity index (χ1n) is 8.12. The third kappa shape index (κ3) is 4.61. The molecule has 6 nitrogen and oxygen atoms in total. The molecule has 1 N–H and O–H groups in total. The second-order valence-corrected chi connectivity index (χ2v) is 5.66. The van der Waals surface area contributed by atoms with Crippen LogP contribution in [0, 0.1) is 12.3 Å². The SMILES string of the molecule is C#CCOc1cccc(/C=C2\N=C(c3ccc(NC(C)=O)cc3)OC2=O)c1. The van der Waals surface area contributed by atoms with Crippen LogP contribution in [0.15, 0.2) is 59.2 Å². The van der Waals surface area contributed by atoms with Crippen LogP contribution >= 0.6 is 0 Å². The largest absolute Gasteiger partial charge is 0.481 e. The van der Waals surface area contributed by atoms with E-state index < -0.39 is 5.97 Å². The molecule has 1 heterocycles. The van der Waals surface area contributed by atoms with Crippen molar-refractivity contribution in [2.24, 2.45) is 4.99 Å². The third-order valence-corrected chi connectivity index (χ3v) is 3.56. The number of nitrogens with zero attached hydrogens (tertiary/aromatic N) is 1. The van der Waals surface area contributed by atoms with E-state index in [0.717, 1.165) is 5.56 Å². The molecule has 1 amide bonds. The van der Waals surface area contributed by atoms with Gasteiger partial charge in [0.05, 0.1) is 0 Å².